The van der Waals surface area contributed by atoms with E-state index in [2.05, 4.69) is 94.0 Å². The number of benzene rings is 1. The molecule has 5 N–H and O–H groups in total. The van der Waals surface area contributed by atoms with E-state index in [1.165, 1.54) is 35.2 Å². The van der Waals surface area contributed by atoms with E-state index in [0.29, 0.717) is 24.3 Å². The van der Waals surface area contributed by atoms with Gasteiger partial charge in [0.05, 0.1) is 5.41 Å². The molecule has 3 aromatic rings. The highest BCUT2D eigenvalue weighted by Crippen LogP contribution is 2.77. The lowest BCUT2D eigenvalue weighted by molar-refractivity contribution is -0.181. The Kier molecular flexibility index (Phi) is 8.75. The van der Waals surface area contributed by atoms with Gasteiger partial charge in [-0.1, -0.05) is 84.4 Å². The van der Waals surface area contributed by atoms with Gasteiger partial charge < -0.3 is 21.1 Å². The summed E-state index contributed by atoms with van der Waals surface area (Å²) in [5.41, 5.74) is 20.2. The molecule has 1 saturated heterocycles. The van der Waals surface area contributed by atoms with Crippen LogP contribution in [0.4, 0.5) is 11.6 Å². The van der Waals surface area contributed by atoms with Crippen LogP contribution in [0.1, 0.15) is 135 Å². The number of rotatable bonds is 5. The maximum atomic E-state index is 14.9. The average molecular weight is 759 g/mol. The quantitative estimate of drug-likeness (QED) is 0.222. The van der Waals surface area contributed by atoms with Gasteiger partial charge in [0, 0.05) is 42.0 Å². The second-order valence-corrected chi connectivity index (χ2v) is 21.2. The van der Waals surface area contributed by atoms with Crippen molar-refractivity contribution >= 4 is 23.2 Å². The van der Waals surface area contributed by atoms with Crippen molar-refractivity contribution < 1.29 is 9.53 Å². The first-order chi connectivity index (χ1) is 26.5. The second-order valence-electron chi connectivity index (χ2n) is 21.2. The van der Waals surface area contributed by atoms with Crippen molar-refractivity contribution in [2.24, 2.45) is 50.6 Å². The summed E-state index contributed by atoms with van der Waals surface area (Å²) in [5.74, 6) is 2.72. The number of carbonyl (C=O) groups is 1. The number of hydrogen-bond acceptors (Lipinski definition) is 7. The van der Waals surface area contributed by atoms with E-state index in [4.69, 9.17) is 21.2 Å². The van der Waals surface area contributed by atoms with Crippen LogP contribution in [-0.2, 0) is 28.0 Å². The Labute approximate surface area is 335 Å². The first-order valence-electron chi connectivity index (χ1n) is 21.8. The lowest BCUT2D eigenvalue weighted by atomic mass is 9.33. The van der Waals surface area contributed by atoms with Gasteiger partial charge in [-0.25, -0.2) is 4.98 Å². The minimum absolute atomic E-state index is 0.00692. The van der Waals surface area contributed by atoms with Crippen LogP contribution >= 0.6 is 0 Å². The molecule has 1 aromatic carbocycles. The number of piperidine rings is 1. The highest BCUT2D eigenvalue weighted by Gasteiger charge is 2.70. The molecule has 7 atom stereocenters. The number of pyridine rings is 1. The molecule has 5 aliphatic carbocycles. The van der Waals surface area contributed by atoms with Crippen molar-refractivity contribution in [3.8, 4) is 0 Å². The number of nitrogens with one attached hydrogen (secondary N) is 1. The molecule has 2 aromatic heterocycles. The van der Waals surface area contributed by atoms with E-state index < -0.39 is 5.41 Å². The molecule has 3 saturated carbocycles. The van der Waals surface area contributed by atoms with Gasteiger partial charge in [0.15, 0.2) is 0 Å². The van der Waals surface area contributed by atoms with Crippen molar-refractivity contribution in [1.29, 1.82) is 0 Å². The summed E-state index contributed by atoms with van der Waals surface area (Å²) in [4.78, 5) is 22.5. The number of nitrogens with zero attached hydrogens (tertiary/aromatic N) is 3. The third kappa shape index (κ3) is 5.50. The zero-order chi connectivity index (χ0) is 39.5. The highest BCUT2D eigenvalue weighted by atomic mass is 16.5. The molecule has 6 aliphatic rings. The van der Waals surface area contributed by atoms with Crippen LogP contribution in [0.25, 0.3) is 5.57 Å². The summed E-state index contributed by atoms with van der Waals surface area (Å²) in [6.45, 7) is 19.8. The molecule has 9 rings (SSSR count). The van der Waals surface area contributed by atoms with E-state index in [1.807, 2.05) is 18.2 Å². The van der Waals surface area contributed by atoms with Gasteiger partial charge >= 0.3 is 5.97 Å². The molecule has 0 bridgehead atoms. The Balaban J connectivity index is 1.20. The molecule has 4 fully saturated rings. The largest absolute Gasteiger partial charge is 0.460 e. The number of nitrogens with two attached hydrogens (primary N) is 2. The molecular weight excluding hydrogens is 693 g/mol. The number of esters is 1. The number of carbonyl (C=O) groups excluding carboxylic acids is 1. The van der Waals surface area contributed by atoms with Crippen LogP contribution < -0.4 is 16.4 Å². The minimum Gasteiger partial charge on any atom is -0.460 e. The van der Waals surface area contributed by atoms with E-state index in [0.717, 1.165) is 82.3 Å². The summed E-state index contributed by atoms with van der Waals surface area (Å²) < 4.78 is 6.41. The molecule has 3 heterocycles. The smallest absolute Gasteiger partial charge is 0.313 e. The molecular formula is C48H66N6O2. The fraction of sp³-hybridized carbons (Fsp3) is 0.646. The molecule has 0 radical (unpaired) electrons. The number of H-pyrrole nitrogens is 1. The van der Waals surface area contributed by atoms with Crippen molar-refractivity contribution in [3.05, 3.63) is 76.6 Å². The van der Waals surface area contributed by atoms with Gasteiger partial charge in [0.2, 0.25) is 0 Å². The molecule has 3 unspecified atom stereocenters. The van der Waals surface area contributed by atoms with Crippen LogP contribution in [0, 0.1) is 44.8 Å². The normalized spacial score (nSPS) is 36.1. The molecule has 8 heteroatoms. The fourth-order valence-corrected chi connectivity index (χ4v) is 14.2. The Bertz CT molecular complexity index is 2030. The standard InChI is InChI=1S/C48H66N6O2/c1-43(2)19-21-48(42(55)56-29-30-11-9-8-10-12-30)22-20-47(7)39(35(48)27-43)33(31-13-14-38(51-28-31)54-23-16-32(49)17-24-54)25-37-45(5)26-34-40(52-53-41(34)50)44(3,4)36(45)15-18-46(37,47)6/h8-14,28,32,35-37H,15-27,29,49H2,1-7H3,(H3,50,52,53)/t35?,36?,37?,45-,46+,47+,48-/m0/s1. The number of nitrogen functional groups attached to an aromatic ring is 1. The van der Waals surface area contributed by atoms with Crippen LogP contribution in [0.15, 0.2) is 54.2 Å². The molecule has 300 valence electrons. The summed E-state index contributed by atoms with van der Waals surface area (Å²) >= 11 is 0. The fourth-order valence-electron chi connectivity index (χ4n) is 14.2. The number of allylic oxidation sites excluding steroid dienone is 2. The topological polar surface area (TPSA) is 123 Å². The van der Waals surface area contributed by atoms with Crippen LogP contribution in [0.2, 0.25) is 0 Å². The van der Waals surface area contributed by atoms with E-state index in [1.54, 1.807) is 5.57 Å². The number of ether oxygens (including phenoxy) is 1. The Morgan fingerprint density at radius 2 is 1.64 bits per heavy atom. The first-order valence-corrected chi connectivity index (χ1v) is 21.8. The van der Waals surface area contributed by atoms with Gasteiger partial charge in [-0.3, -0.25) is 9.89 Å². The maximum absolute atomic E-state index is 14.9. The number of fused-ring (bicyclic) bond motifs is 8. The number of hydrogen-bond donors (Lipinski definition) is 3. The Morgan fingerprint density at radius 1 is 0.911 bits per heavy atom. The van der Waals surface area contributed by atoms with Crippen molar-refractivity contribution in [1.82, 2.24) is 15.2 Å². The van der Waals surface area contributed by atoms with E-state index >= 15 is 0 Å². The summed E-state index contributed by atoms with van der Waals surface area (Å²) in [6.07, 6.45) is 13.2. The average Bonchev–Trinajstić information content (AvgIpc) is 3.54. The Hall–Kier alpha value is -3.65. The minimum atomic E-state index is -0.540. The van der Waals surface area contributed by atoms with E-state index in [-0.39, 0.29) is 45.0 Å². The zero-order valence-corrected chi connectivity index (χ0v) is 35.1. The summed E-state index contributed by atoms with van der Waals surface area (Å²) in [6, 6.07) is 15.1. The van der Waals surface area contributed by atoms with Gasteiger partial charge in [0.1, 0.15) is 18.2 Å². The first kappa shape index (κ1) is 37.9. The van der Waals surface area contributed by atoms with Gasteiger partial charge in [-0.05, 0) is 139 Å². The van der Waals surface area contributed by atoms with Gasteiger partial charge in [-0.2, -0.15) is 5.10 Å². The number of anilines is 2. The van der Waals surface area contributed by atoms with Crippen LogP contribution in [0.5, 0.6) is 0 Å². The number of aromatic amines is 1. The van der Waals surface area contributed by atoms with Crippen molar-refractivity contribution in [2.45, 2.75) is 137 Å². The zero-order valence-electron chi connectivity index (χ0n) is 35.1. The predicted octanol–water partition coefficient (Wildman–Crippen LogP) is 9.40. The monoisotopic (exact) mass is 759 g/mol. The second kappa shape index (κ2) is 12.9. The van der Waals surface area contributed by atoms with Gasteiger partial charge in [-0.15, -0.1) is 0 Å². The third-order valence-electron chi connectivity index (χ3n) is 17.5. The van der Waals surface area contributed by atoms with Crippen LogP contribution in [0.3, 0.4) is 0 Å². The molecule has 0 spiro atoms. The lowest BCUT2D eigenvalue weighted by Crippen LogP contribution is -2.65. The Morgan fingerprint density at radius 3 is 2.36 bits per heavy atom. The van der Waals surface area contributed by atoms with Crippen molar-refractivity contribution in [3.63, 3.8) is 0 Å². The summed E-state index contributed by atoms with van der Waals surface area (Å²) in [7, 11) is 0. The summed E-state index contributed by atoms with van der Waals surface area (Å²) in [5, 5.41) is 7.99. The van der Waals surface area contributed by atoms with Gasteiger partial charge in [0.25, 0.3) is 0 Å². The molecule has 0 amide bonds. The molecule has 56 heavy (non-hydrogen) atoms. The molecule has 1 aliphatic heterocycles. The molecule has 8 nitrogen and oxygen atoms in total. The van der Waals surface area contributed by atoms with Crippen LogP contribution in [-0.4, -0.2) is 40.3 Å². The maximum Gasteiger partial charge on any atom is 0.313 e. The van der Waals surface area contributed by atoms with Crippen molar-refractivity contribution in [2.75, 3.05) is 23.7 Å². The SMILES string of the molecule is CC1(C)CC[C@]2(C(=O)OCc3ccccc3)CC[C@]3(C)C(=C(c4ccc(N5CCC(N)CC5)nc4)CC4[C@@]5(C)Cc6c(N)n[nH]c6C(C)(C)C5CC[C@]43C)C2C1. The number of aromatic nitrogens is 3. The highest BCUT2D eigenvalue weighted by molar-refractivity contribution is 5.81. The van der Waals surface area contributed by atoms with E-state index in [9.17, 15) is 4.79 Å². The lowest BCUT2D eigenvalue weighted by Gasteiger charge is -2.71. The third-order valence-corrected chi connectivity index (χ3v) is 17.5. The predicted molar refractivity (Wildman–Crippen MR) is 224 cm³/mol.